The number of aromatic carboxylic acids is 1. The third-order valence-electron chi connectivity index (χ3n) is 6.95. The molecule has 0 radical (unpaired) electrons. The zero-order chi connectivity index (χ0) is 29.5. The molecule has 7 heteroatoms. The van der Waals surface area contributed by atoms with Crippen molar-refractivity contribution in [2.45, 2.75) is 32.7 Å². The molecular weight excluding hydrogens is 536 g/mol. The Bertz CT molecular complexity index is 1600. The number of rotatable bonds is 11. The first-order valence-electron chi connectivity index (χ1n) is 13.4. The Morgan fingerprint density at radius 2 is 1.71 bits per heavy atom. The summed E-state index contributed by atoms with van der Waals surface area (Å²) in [5.41, 5.74) is 5.08. The van der Waals surface area contributed by atoms with Crippen LogP contribution >= 0.6 is 11.6 Å². The van der Waals surface area contributed by atoms with E-state index in [-0.39, 0.29) is 23.1 Å². The Labute approximate surface area is 245 Å². The van der Waals surface area contributed by atoms with E-state index >= 15 is 0 Å². The zero-order valence-corrected chi connectivity index (χ0v) is 24.1. The number of methoxy groups -OCH3 is 1. The Morgan fingerprint density at radius 3 is 2.41 bits per heavy atom. The second kappa shape index (κ2) is 13.2. The highest BCUT2D eigenvalue weighted by Gasteiger charge is 2.23. The van der Waals surface area contributed by atoms with Crippen molar-refractivity contribution >= 4 is 34.9 Å². The van der Waals surface area contributed by atoms with Crippen LogP contribution in [-0.2, 0) is 0 Å². The van der Waals surface area contributed by atoms with Crippen molar-refractivity contribution in [3.05, 3.63) is 124 Å². The molecule has 1 atom stereocenters. The third-order valence-corrected chi connectivity index (χ3v) is 7.26. The largest absolute Gasteiger partial charge is 0.496 e. The van der Waals surface area contributed by atoms with Gasteiger partial charge in [0.1, 0.15) is 5.75 Å². The van der Waals surface area contributed by atoms with Gasteiger partial charge >= 0.3 is 5.97 Å². The van der Waals surface area contributed by atoms with Crippen molar-refractivity contribution < 1.29 is 19.4 Å². The highest BCUT2D eigenvalue weighted by molar-refractivity contribution is 6.34. The number of ether oxygens (including phenoxy) is 1. The van der Waals surface area contributed by atoms with Crippen LogP contribution in [0.15, 0.2) is 91.5 Å². The molecule has 4 aromatic carbocycles. The Balaban J connectivity index is 1.71. The van der Waals surface area contributed by atoms with Crippen molar-refractivity contribution in [1.82, 2.24) is 5.32 Å². The number of anilines is 1. The van der Waals surface area contributed by atoms with Gasteiger partial charge in [-0.15, -0.1) is 0 Å². The molecular formula is C34H33ClN2O4. The zero-order valence-electron chi connectivity index (χ0n) is 23.3. The van der Waals surface area contributed by atoms with Crippen LogP contribution in [-0.4, -0.2) is 24.1 Å². The molecule has 0 aliphatic rings. The first-order valence-corrected chi connectivity index (χ1v) is 13.7. The van der Waals surface area contributed by atoms with Crippen LogP contribution < -0.4 is 15.4 Å². The molecule has 4 rings (SSSR count). The van der Waals surface area contributed by atoms with Gasteiger partial charge in [-0.2, -0.15) is 0 Å². The molecule has 3 N–H and O–H groups in total. The Morgan fingerprint density at radius 1 is 0.976 bits per heavy atom. The van der Waals surface area contributed by atoms with Gasteiger partial charge in [0.25, 0.3) is 5.91 Å². The Hall–Kier alpha value is -4.55. The van der Waals surface area contributed by atoms with E-state index in [4.69, 9.17) is 16.3 Å². The summed E-state index contributed by atoms with van der Waals surface area (Å²) in [6.45, 7) is 8.23. The second-order valence-electron chi connectivity index (χ2n) is 9.70. The highest BCUT2D eigenvalue weighted by Crippen LogP contribution is 2.38. The van der Waals surface area contributed by atoms with E-state index in [9.17, 15) is 14.7 Å². The van der Waals surface area contributed by atoms with Crippen molar-refractivity contribution in [1.29, 1.82) is 0 Å². The van der Waals surface area contributed by atoms with Gasteiger partial charge in [0.05, 0.1) is 18.7 Å². The van der Waals surface area contributed by atoms with Gasteiger partial charge < -0.3 is 20.5 Å². The number of amides is 1. The van der Waals surface area contributed by atoms with E-state index in [2.05, 4.69) is 17.2 Å². The van der Waals surface area contributed by atoms with Gasteiger partial charge in [-0.3, -0.25) is 4.79 Å². The number of benzene rings is 4. The van der Waals surface area contributed by atoms with E-state index < -0.39 is 5.97 Å². The molecule has 0 aliphatic carbocycles. The summed E-state index contributed by atoms with van der Waals surface area (Å²) in [5.74, 6) is -0.875. The number of aryl methyl sites for hydroxylation is 1. The summed E-state index contributed by atoms with van der Waals surface area (Å²) < 4.78 is 5.51. The Kier molecular flexibility index (Phi) is 9.48. The molecule has 210 valence electrons. The molecule has 1 unspecified atom stereocenters. The average molecular weight is 569 g/mol. The SMILES string of the molecule is C=C(Nc1ccccc1C)c1cccc(Cl)c1-c1ccc(C(=O)NC(CCC)c2ccccc2OC)cc1C(=O)O. The van der Waals surface area contributed by atoms with Gasteiger partial charge in [0.15, 0.2) is 0 Å². The number of para-hydroxylation sites is 2. The normalized spacial score (nSPS) is 11.4. The lowest BCUT2D eigenvalue weighted by Crippen LogP contribution is -2.29. The number of carbonyl (C=O) groups is 2. The number of carboxylic acid groups (broad SMARTS) is 1. The topological polar surface area (TPSA) is 87.7 Å². The molecule has 0 heterocycles. The molecule has 0 saturated carbocycles. The predicted molar refractivity (Wildman–Crippen MR) is 166 cm³/mol. The van der Waals surface area contributed by atoms with Crippen LogP contribution in [0.2, 0.25) is 5.02 Å². The van der Waals surface area contributed by atoms with E-state index in [1.54, 1.807) is 31.4 Å². The van der Waals surface area contributed by atoms with E-state index in [1.165, 1.54) is 6.07 Å². The van der Waals surface area contributed by atoms with Gasteiger partial charge in [0.2, 0.25) is 0 Å². The lowest BCUT2D eigenvalue weighted by molar-refractivity contribution is 0.0697. The lowest BCUT2D eigenvalue weighted by atomic mass is 9.92. The van der Waals surface area contributed by atoms with E-state index in [1.807, 2.05) is 68.4 Å². The molecule has 0 bridgehead atoms. The fraction of sp³-hybridized carbons (Fsp3) is 0.176. The number of carboxylic acids is 1. The standard InChI is InChI=1S/C34H33ClN2O4/c1-5-11-30(26-13-7-9-17-31(26)41-4)37-33(38)23-18-19-25(27(20-23)34(39)40)32-24(14-10-15-28(32)35)22(3)36-29-16-8-6-12-21(29)2/h6-10,12-20,30,36H,3,5,11H2,1-2,4H3,(H,37,38)(H,39,40). The summed E-state index contributed by atoms with van der Waals surface area (Å²) in [7, 11) is 1.59. The quantitative estimate of drug-likeness (QED) is 0.169. The molecule has 0 aromatic heterocycles. The number of carbonyl (C=O) groups excluding carboxylic acids is 1. The smallest absolute Gasteiger partial charge is 0.336 e. The molecule has 0 saturated heterocycles. The fourth-order valence-electron chi connectivity index (χ4n) is 4.86. The molecule has 4 aromatic rings. The summed E-state index contributed by atoms with van der Waals surface area (Å²) >= 11 is 6.67. The average Bonchev–Trinajstić information content (AvgIpc) is 2.97. The number of hydrogen-bond acceptors (Lipinski definition) is 4. The van der Waals surface area contributed by atoms with Crippen LogP contribution in [0.4, 0.5) is 5.69 Å². The second-order valence-corrected chi connectivity index (χ2v) is 10.1. The molecule has 41 heavy (non-hydrogen) atoms. The molecule has 0 fully saturated rings. The molecule has 0 aliphatic heterocycles. The minimum Gasteiger partial charge on any atom is -0.496 e. The maximum atomic E-state index is 13.4. The monoisotopic (exact) mass is 568 g/mol. The predicted octanol–water partition coefficient (Wildman–Crippen LogP) is 8.38. The van der Waals surface area contributed by atoms with Crippen LogP contribution in [0.5, 0.6) is 5.75 Å². The first kappa shape index (κ1) is 29.4. The number of halogens is 1. The summed E-state index contributed by atoms with van der Waals surface area (Å²) in [6.07, 6.45) is 1.52. The van der Waals surface area contributed by atoms with Crippen LogP contribution in [0.25, 0.3) is 16.8 Å². The van der Waals surface area contributed by atoms with Crippen molar-refractivity contribution in [2.24, 2.45) is 0 Å². The fourth-order valence-corrected chi connectivity index (χ4v) is 5.14. The third kappa shape index (κ3) is 6.61. The lowest BCUT2D eigenvalue weighted by Gasteiger charge is -2.21. The molecule has 6 nitrogen and oxygen atoms in total. The van der Waals surface area contributed by atoms with E-state index in [0.717, 1.165) is 23.2 Å². The van der Waals surface area contributed by atoms with Crippen LogP contribution in [0, 0.1) is 6.92 Å². The van der Waals surface area contributed by atoms with Crippen molar-refractivity contribution in [3.63, 3.8) is 0 Å². The number of hydrogen-bond donors (Lipinski definition) is 3. The summed E-state index contributed by atoms with van der Waals surface area (Å²) in [6, 6.07) is 25.0. The molecule has 0 spiro atoms. The van der Waals surface area contributed by atoms with E-state index in [0.29, 0.717) is 39.6 Å². The molecule has 1 amide bonds. The maximum Gasteiger partial charge on any atom is 0.336 e. The van der Waals surface area contributed by atoms with Crippen LogP contribution in [0.3, 0.4) is 0 Å². The van der Waals surface area contributed by atoms with Crippen LogP contribution in [0.1, 0.15) is 63.2 Å². The van der Waals surface area contributed by atoms with Crippen molar-refractivity contribution in [2.75, 3.05) is 12.4 Å². The number of nitrogens with one attached hydrogen (secondary N) is 2. The minimum absolute atomic E-state index is 0.0416. The van der Waals surface area contributed by atoms with Gasteiger partial charge in [-0.25, -0.2) is 4.79 Å². The van der Waals surface area contributed by atoms with Gasteiger partial charge in [-0.1, -0.05) is 86.1 Å². The van der Waals surface area contributed by atoms with Gasteiger partial charge in [0, 0.05) is 38.7 Å². The van der Waals surface area contributed by atoms with Crippen molar-refractivity contribution in [3.8, 4) is 16.9 Å². The first-order chi connectivity index (χ1) is 19.7. The maximum absolute atomic E-state index is 13.4. The minimum atomic E-state index is -1.17. The summed E-state index contributed by atoms with van der Waals surface area (Å²) in [4.78, 5) is 25.9. The van der Waals surface area contributed by atoms with Gasteiger partial charge in [-0.05, 0) is 54.8 Å². The summed E-state index contributed by atoms with van der Waals surface area (Å²) in [5, 5.41) is 17.0. The highest BCUT2D eigenvalue weighted by atomic mass is 35.5.